The minimum atomic E-state index is -0.593. The molecule has 2 atom stereocenters. The van der Waals surface area contributed by atoms with Gasteiger partial charge in [-0.1, -0.05) is 0 Å². The van der Waals surface area contributed by atoms with Crippen LogP contribution in [0.4, 0.5) is 4.39 Å². The number of amides is 1. The molecular weight excluding hydrogens is 339 g/mol. The highest BCUT2D eigenvalue weighted by Crippen LogP contribution is 2.27. The Kier molecular flexibility index (Phi) is 5.58. The van der Waals surface area contributed by atoms with E-state index in [-0.39, 0.29) is 17.8 Å². The standard InChI is InChI=1S/C15H20BrFN2O2/c1-10(21-14-6-5-11(17)8-13(14)16)15(20)19-7-3-4-12(19)9-18-2/h5-6,8,10,12,18H,3-4,7,9H2,1-2H3/t10-,12-/m1/s1. The van der Waals surface area contributed by atoms with Crippen molar-refractivity contribution in [3.63, 3.8) is 0 Å². The number of nitrogens with zero attached hydrogens (tertiary/aromatic N) is 1. The van der Waals surface area contributed by atoms with Crippen LogP contribution in [0.5, 0.6) is 5.75 Å². The zero-order chi connectivity index (χ0) is 15.4. The number of likely N-dealkylation sites (tertiary alicyclic amines) is 1. The number of nitrogens with one attached hydrogen (secondary N) is 1. The first kappa shape index (κ1) is 16.2. The van der Waals surface area contributed by atoms with Crippen molar-refractivity contribution in [3.8, 4) is 5.75 Å². The molecule has 6 heteroatoms. The molecule has 21 heavy (non-hydrogen) atoms. The van der Waals surface area contributed by atoms with Crippen LogP contribution in [0.3, 0.4) is 0 Å². The van der Waals surface area contributed by atoms with Gasteiger partial charge in [-0.05, 0) is 60.9 Å². The fourth-order valence-electron chi connectivity index (χ4n) is 2.62. The summed E-state index contributed by atoms with van der Waals surface area (Å²) in [6.07, 6.45) is 1.44. The van der Waals surface area contributed by atoms with Gasteiger partial charge >= 0.3 is 0 Å². The molecule has 1 saturated heterocycles. The molecule has 0 unspecified atom stereocenters. The van der Waals surface area contributed by atoms with Gasteiger partial charge in [-0.25, -0.2) is 4.39 Å². The second-order valence-electron chi connectivity index (χ2n) is 5.22. The van der Waals surface area contributed by atoms with Crippen LogP contribution in [0.25, 0.3) is 0 Å². The van der Waals surface area contributed by atoms with E-state index in [1.165, 1.54) is 18.2 Å². The maximum absolute atomic E-state index is 13.1. The van der Waals surface area contributed by atoms with Gasteiger partial charge < -0.3 is 15.0 Å². The smallest absolute Gasteiger partial charge is 0.263 e. The van der Waals surface area contributed by atoms with E-state index in [1.54, 1.807) is 6.92 Å². The molecule has 1 aromatic rings. The summed E-state index contributed by atoms with van der Waals surface area (Å²) in [7, 11) is 1.89. The second-order valence-corrected chi connectivity index (χ2v) is 6.07. The first-order valence-electron chi connectivity index (χ1n) is 7.09. The summed E-state index contributed by atoms with van der Waals surface area (Å²) in [5.74, 6) is 0.104. The van der Waals surface area contributed by atoms with Crippen LogP contribution < -0.4 is 10.1 Å². The molecule has 0 spiro atoms. The van der Waals surface area contributed by atoms with E-state index in [4.69, 9.17) is 4.74 Å². The van der Waals surface area contributed by atoms with Gasteiger partial charge in [0.25, 0.3) is 5.91 Å². The van der Waals surface area contributed by atoms with Gasteiger partial charge in [0.05, 0.1) is 4.47 Å². The van der Waals surface area contributed by atoms with Gasteiger partial charge in [-0.3, -0.25) is 4.79 Å². The van der Waals surface area contributed by atoms with Crippen LogP contribution in [-0.4, -0.2) is 43.1 Å². The van der Waals surface area contributed by atoms with Gasteiger partial charge in [0.2, 0.25) is 0 Å². The van der Waals surface area contributed by atoms with Crippen LogP contribution in [0, 0.1) is 5.82 Å². The average molecular weight is 359 g/mol. The monoisotopic (exact) mass is 358 g/mol. The van der Waals surface area contributed by atoms with Crippen molar-refractivity contribution in [2.45, 2.75) is 31.9 Å². The molecule has 1 heterocycles. The Labute approximate surface area is 132 Å². The zero-order valence-electron chi connectivity index (χ0n) is 12.2. The number of hydrogen-bond donors (Lipinski definition) is 1. The van der Waals surface area contributed by atoms with Crippen molar-refractivity contribution in [1.29, 1.82) is 0 Å². The number of ether oxygens (including phenoxy) is 1. The highest BCUT2D eigenvalue weighted by molar-refractivity contribution is 9.10. The van der Waals surface area contributed by atoms with Crippen LogP contribution in [0.2, 0.25) is 0 Å². The molecule has 1 aromatic carbocycles. The van der Waals surface area contributed by atoms with Crippen LogP contribution >= 0.6 is 15.9 Å². The van der Waals surface area contributed by atoms with Crippen molar-refractivity contribution in [1.82, 2.24) is 10.2 Å². The number of carbonyl (C=O) groups excluding carboxylic acids is 1. The van der Waals surface area contributed by atoms with E-state index < -0.39 is 6.10 Å². The molecule has 1 N–H and O–H groups in total. The Hall–Kier alpha value is -1.14. The predicted octanol–water partition coefficient (Wildman–Crippen LogP) is 2.57. The van der Waals surface area contributed by atoms with Crippen molar-refractivity contribution in [2.75, 3.05) is 20.1 Å². The Balaban J connectivity index is 2.02. The van der Waals surface area contributed by atoms with Crippen molar-refractivity contribution >= 4 is 21.8 Å². The molecule has 1 aliphatic heterocycles. The van der Waals surface area contributed by atoms with Gasteiger partial charge in [0.15, 0.2) is 6.10 Å². The number of benzene rings is 1. The summed E-state index contributed by atoms with van der Waals surface area (Å²) in [6.45, 7) is 3.29. The molecule has 1 amide bonds. The van der Waals surface area contributed by atoms with E-state index in [2.05, 4.69) is 21.2 Å². The fourth-order valence-corrected chi connectivity index (χ4v) is 3.06. The maximum atomic E-state index is 13.1. The number of hydrogen-bond acceptors (Lipinski definition) is 3. The Morgan fingerprint density at radius 1 is 1.62 bits per heavy atom. The van der Waals surface area contributed by atoms with Gasteiger partial charge in [0, 0.05) is 19.1 Å². The van der Waals surface area contributed by atoms with E-state index in [0.717, 1.165) is 25.9 Å². The maximum Gasteiger partial charge on any atom is 0.263 e. The lowest BCUT2D eigenvalue weighted by atomic mass is 10.2. The van der Waals surface area contributed by atoms with Crippen molar-refractivity contribution < 1.29 is 13.9 Å². The molecule has 4 nitrogen and oxygen atoms in total. The summed E-state index contributed by atoms with van der Waals surface area (Å²) < 4.78 is 19.2. The highest BCUT2D eigenvalue weighted by Gasteiger charge is 2.31. The summed E-state index contributed by atoms with van der Waals surface area (Å²) >= 11 is 3.25. The van der Waals surface area contributed by atoms with Crippen molar-refractivity contribution in [3.05, 3.63) is 28.5 Å². The van der Waals surface area contributed by atoms with E-state index >= 15 is 0 Å². The minimum absolute atomic E-state index is 0.0241. The van der Waals surface area contributed by atoms with Crippen LogP contribution in [0.1, 0.15) is 19.8 Å². The van der Waals surface area contributed by atoms with Gasteiger partial charge in [0.1, 0.15) is 11.6 Å². The number of carbonyl (C=O) groups is 1. The summed E-state index contributed by atoms with van der Waals surface area (Å²) in [5, 5.41) is 3.11. The lowest BCUT2D eigenvalue weighted by molar-refractivity contribution is -0.138. The third-order valence-corrected chi connectivity index (χ3v) is 4.27. The first-order chi connectivity index (χ1) is 10.0. The summed E-state index contributed by atoms with van der Waals surface area (Å²) in [5.41, 5.74) is 0. The fraction of sp³-hybridized carbons (Fsp3) is 0.533. The summed E-state index contributed by atoms with van der Waals surface area (Å²) in [6, 6.07) is 4.40. The quantitative estimate of drug-likeness (QED) is 0.879. The average Bonchev–Trinajstić information content (AvgIpc) is 2.89. The molecule has 0 aromatic heterocycles. The number of halogens is 2. The van der Waals surface area contributed by atoms with Gasteiger partial charge in [-0.2, -0.15) is 0 Å². The highest BCUT2D eigenvalue weighted by atomic mass is 79.9. The largest absolute Gasteiger partial charge is 0.480 e. The molecule has 0 radical (unpaired) electrons. The Morgan fingerprint density at radius 3 is 3.05 bits per heavy atom. The van der Waals surface area contributed by atoms with E-state index in [1.807, 2.05) is 11.9 Å². The van der Waals surface area contributed by atoms with E-state index in [0.29, 0.717) is 10.2 Å². The minimum Gasteiger partial charge on any atom is -0.480 e. The first-order valence-corrected chi connectivity index (χ1v) is 7.89. The lowest BCUT2D eigenvalue weighted by Gasteiger charge is -2.27. The number of rotatable bonds is 5. The molecular formula is C15H20BrFN2O2. The van der Waals surface area contributed by atoms with Crippen molar-refractivity contribution in [2.24, 2.45) is 0 Å². The Bertz CT molecular complexity index is 512. The third-order valence-electron chi connectivity index (χ3n) is 3.65. The predicted molar refractivity (Wildman–Crippen MR) is 82.9 cm³/mol. The molecule has 0 aliphatic carbocycles. The third kappa shape index (κ3) is 3.95. The molecule has 1 aliphatic rings. The molecule has 0 saturated carbocycles. The van der Waals surface area contributed by atoms with E-state index in [9.17, 15) is 9.18 Å². The topological polar surface area (TPSA) is 41.6 Å². The molecule has 0 bridgehead atoms. The van der Waals surface area contributed by atoms with Gasteiger partial charge in [-0.15, -0.1) is 0 Å². The normalized spacial score (nSPS) is 19.6. The van der Waals surface area contributed by atoms with Crippen LogP contribution in [0.15, 0.2) is 22.7 Å². The number of likely N-dealkylation sites (N-methyl/N-ethyl adjacent to an activating group) is 1. The second kappa shape index (κ2) is 7.22. The molecule has 2 rings (SSSR count). The SMILES string of the molecule is CNC[C@H]1CCCN1C(=O)[C@@H](C)Oc1ccc(F)cc1Br. The molecule has 1 fully saturated rings. The Morgan fingerprint density at radius 2 is 2.38 bits per heavy atom. The molecule has 116 valence electrons. The summed E-state index contributed by atoms with van der Waals surface area (Å²) in [4.78, 5) is 14.4. The van der Waals surface area contributed by atoms with Crippen LogP contribution in [-0.2, 0) is 4.79 Å². The zero-order valence-corrected chi connectivity index (χ0v) is 13.8. The lowest BCUT2D eigenvalue weighted by Crippen LogP contribution is -2.46.